The van der Waals surface area contributed by atoms with Crippen LogP contribution in [0, 0.1) is 0 Å². The Balaban J connectivity index is 1.65. The van der Waals surface area contributed by atoms with Gasteiger partial charge in [-0.25, -0.2) is 28.1 Å². The van der Waals surface area contributed by atoms with E-state index in [1.54, 1.807) is 6.92 Å². The summed E-state index contributed by atoms with van der Waals surface area (Å²) in [7, 11) is -4.01. The van der Waals surface area contributed by atoms with Crippen LogP contribution in [0.2, 0.25) is 0 Å². The second-order valence-corrected chi connectivity index (χ2v) is 10.6. The number of hydrogen-bond donors (Lipinski definition) is 2. The number of sulfonamides is 1. The standard InChI is InChI=1S/C24H21F2N5O4S/c1-12(11-32)22-27-9-13(10-28-22)20-18(35-24(25)26)6-7-19-21(20)17-8-15(30-36(19,33)34)23-29-14-4-2-3-5-16(14)31(17)23/h2-7,9-10,12,15,17,24,30,32H,8,11H2,1H3/t12?,15-,17-/m1/s1. The molecule has 12 heteroatoms. The van der Waals surface area contributed by atoms with E-state index < -0.39 is 28.7 Å². The van der Waals surface area contributed by atoms with Crippen molar-refractivity contribution in [2.45, 2.75) is 42.9 Å². The Bertz CT molecular complexity index is 1590. The number of para-hydroxylation sites is 2. The van der Waals surface area contributed by atoms with Crippen LogP contribution < -0.4 is 9.46 Å². The van der Waals surface area contributed by atoms with Crippen molar-refractivity contribution >= 4 is 21.1 Å². The third-order valence-electron chi connectivity index (χ3n) is 6.68. The predicted molar refractivity (Wildman–Crippen MR) is 125 cm³/mol. The van der Waals surface area contributed by atoms with Gasteiger partial charge in [0.25, 0.3) is 0 Å². The first-order valence-electron chi connectivity index (χ1n) is 11.3. The van der Waals surface area contributed by atoms with Gasteiger partial charge in [-0.05, 0) is 30.7 Å². The molecule has 6 rings (SSSR count). The summed E-state index contributed by atoms with van der Waals surface area (Å²) in [6, 6.07) is 8.86. The van der Waals surface area contributed by atoms with Crippen molar-refractivity contribution in [2.24, 2.45) is 0 Å². The summed E-state index contributed by atoms with van der Waals surface area (Å²) in [6.45, 7) is -1.54. The van der Waals surface area contributed by atoms with Crippen LogP contribution in [0.25, 0.3) is 22.2 Å². The van der Waals surface area contributed by atoms with Gasteiger partial charge in [0.2, 0.25) is 10.0 Å². The Morgan fingerprint density at radius 1 is 1.19 bits per heavy atom. The van der Waals surface area contributed by atoms with Gasteiger partial charge in [0.1, 0.15) is 17.4 Å². The Morgan fingerprint density at radius 3 is 2.67 bits per heavy atom. The number of nitrogens with one attached hydrogen (secondary N) is 1. The van der Waals surface area contributed by atoms with Crippen molar-refractivity contribution in [2.75, 3.05) is 6.61 Å². The lowest BCUT2D eigenvalue weighted by Crippen LogP contribution is -2.28. The molecular formula is C24H21F2N5O4S. The first-order chi connectivity index (χ1) is 17.3. The Hall–Kier alpha value is -3.48. The molecule has 4 heterocycles. The number of hydrogen-bond acceptors (Lipinski definition) is 7. The van der Waals surface area contributed by atoms with E-state index in [0.717, 1.165) is 5.52 Å². The van der Waals surface area contributed by atoms with Gasteiger partial charge in [0.15, 0.2) is 0 Å². The molecule has 0 saturated heterocycles. The van der Waals surface area contributed by atoms with Crippen LogP contribution in [-0.2, 0) is 10.0 Å². The number of aromatic nitrogens is 4. The van der Waals surface area contributed by atoms with Crippen molar-refractivity contribution in [3.8, 4) is 16.9 Å². The molecule has 0 amide bonds. The number of imidazole rings is 1. The average molecular weight is 514 g/mol. The summed E-state index contributed by atoms with van der Waals surface area (Å²) in [4.78, 5) is 13.2. The van der Waals surface area contributed by atoms with E-state index in [9.17, 15) is 22.3 Å². The van der Waals surface area contributed by atoms with Crippen LogP contribution in [0.5, 0.6) is 5.75 Å². The van der Waals surface area contributed by atoms with Crippen LogP contribution >= 0.6 is 0 Å². The van der Waals surface area contributed by atoms with Crippen molar-refractivity contribution < 1.29 is 27.0 Å². The SMILES string of the molecule is CC(CO)c1ncc(-c2c(OC(F)F)ccc3c2[C@H]2C[C@@H](NS3(=O)=O)c3nc4ccccc4n32)cn1. The molecular weight excluding hydrogens is 492 g/mol. The van der Waals surface area contributed by atoms with Crippen molar-refractivity contribution in [1.82, 2.24) is 24.2 Å². The summed E-state index contributed by atoms with van der Waals surface area (Å²) >= 11 is 0. The molecule has 4 aromatic rings. The zero-order valence-corrected chi connectivity index (χ0v) is 19.8. The fraction of sp³-hybridized carbons (Fsp3) is 0.292. The highest BCUT2D eigenvalue weighted by Crippen LogP contribution is 2.51. The van der Waals surface area contributed by atoms with Crippen LogP contribution in [0.4, 0.5) is 8.78 Å². The van der Waals surface area contributed by atoms with E-state index in [0.29, 0.717) is 34.7 Å². The lowest BCUT2D eigenvalue weighted by atomic mass is 9.93. The first kappa shape index (κ1) is 23.0. The summed E-state index contributed by atoms with van der Waals surface area (Å²) in [6.07, 6.45) is 3.23. The molecule has 186 valence electrons. The third-order valence-corrected chi connectivity index (χ3v) is 8.21. The highest BCUT2D eigenvalue weighted by Gasteiger charge is 2.44. The number of aliphatic hydroxyl groups is 1. The highest BCUT2D eigenvalue weighted by atomic mass is 32.2. The minimum absolute atomic E-state index is 0.0251. The second kappa shape index (κ2) is 8.29. The number of alkyl halides is 2. The molecule has 36 heavy (non-hydrogen) atoms. The summed E-state index contributed by atoms with van der Waals surface area (Å²) in [5.41, 5.74) is 2.33. The molecule has 2 aliphatic rings. The van der Waals surface area contributed by atoms with Crippen molar-refractivity contribution in [3.05, 3.63) is 66.0 Å². The van der Waals surface area contributed by atoms with Gasteiger partial charge in [-0.15, -0.1) is 0 Å². The Morgan fingerprint density at radius 2 is 1.94 bits per heavy atom. The zero-order valence-electron chi connectivity index (χ0n) is 19.0. The molecule has 2 aromatic carbocycles. The van der Waals surface area contributed by atoms with E-state index in [4.69, 9.17) is 4.74 Å². The van der Waals surface area contributed by atoms with Gasteiger partial charge < -0.3 is 14.4 Å². The van der Waals surface area contributed by atoms with Crippen LogP contribution in [-0.4, -0.2) is 46.3 Å². The average Bonchev–Trinajstić information content (AvgIpc) is 3.36. The second-order valence-electron chi connectivity index (χ2n) is 8.90. The third kappa shape index (κ3) is 3.47. The zero-order chi connectivity index (χ0) is 25.2. The van der Waals surface area contributed by atoms with Crippen molar-refractivity contribution in [1.29, 1.82) is 0 Å². The molecule has 0 saturated carbocycles. The van der Waals surface area contributed by atoms with Gasteiger partial charge in [0.05, 0.1) is 34.6 Å². The fourth-order valence-electron chi connectivity index (χ4n) is 5.11. The lowest BCUT2D eigenvalue weighted by Gasteiger charge is -2.24. The minimum Gasteiger partial charge on any atom is -0.434 e. The van der Waals surface area contributed by atoms with Crippen LogP contribution in [0.3, 0.4) is 0 Å². The Labute approximate surface area is 204 Å². The summed E-state index contributed by atoms with van der Waals surface area (Å²) in [5.74, 6) is 0.424. The number of ether oxygens (including phenoxy) is 1. The molecule has 0 fully saturated rings. The van der Waals surface area contributed by atoms with Crippen molar-refractivity contribution in [3.63, 3.8) is 0 Å². The molecule has 2 aromatic heterocycles. The summed E-state index contributed by atoms with van der Waals surface area (Å²) in [5, 5.41) is 9.43. The largest absolute Gasteiger partial charge is 0.434 e. The lowest BCUT2D eigenvalue weighted by molar-refractivity contribution is -0.0495. The molecule has 2 N–H and O–H groups in total. The van der Waals surface area contributed by atoms with Crippen LogP contribution in [0.1, 0.15) is 48.6 Å². The molecule has 2 bridgehead atoms. The monoisotopic (exact) mass is 513 g/mol. The van der Waals surface area contributed by atoms with Gasteiger partial charge in [-0.1, -0.05) is 19.1 Å². The highest BCUT2D eigenvalue weighted by molar-refractivity contribution is 7.89. The first-order valence-corrected chi connectivity index (χ1v) is 12.8. The van der Waals surface area contributed by atoms with E-state index in [2.05, 4.69) is 19.7 Å². The van der Waals surface area contributed by atoms with E-state index in [-0.39, 0.29) is 28.7 Å². The number of aliphatic hydroxyl groups excluding tert-OH is 1. The quantitative estimate of drug-likeness (QED) is 0.419. The van der Waals surface area contributed by atoms with Gasteiger partial charge in [-0.2, -0.15) is 8.78 Å². The molecule has 2 aliphatic heterocycles. The van der Waals surface area contributed by atoms with E-state index in [1.165, 1.54) is 24.5 Å². The maximum Gasteiger partial charge on any atom is 0.387 e. The smallest absolute Gasteiger partial charge is 0.387 e. The number of nitrogens with zero attached hydrogens (tertiary/aromatic N) is 4. The molecule has 1 unspecified atom stereocenters. The number of rotatable bonds is 5. The topological polar surface area (TPSA) is 119 Å². The van der Waals surface area contributed by atoms with Gasteiger partial charge >= 0.3 is 6.61 Å². The number of fused-ring (bicyclic) bond motifs is 9. The Kier molecular flexibility index (Phi) is 5.28. The van der Waals surface area contributed by atoms with Crippen LogP contribution in [0.15, 0.2) is 53.7 Å². The molecule has 0 spiro atoms. The fourth-order valence-corrected chi connectivity index (χ4v) is 6.59. The summed E-state index contributed by atoms with van der Waals surface area (Å²) < 4.78 is 63.3. The minimum atomic E-state index is -4.01. The normalized spacial score (nSPS) is 20.7. The number of halogens is 2. The number of benzene rings is 2. The maximum atomic E-state index is 13.5. The molecule has 0 aliphatic carbocycles. The molecule has 9 nitrogen and oxygen atoms in total. The van der Waals surface area contributed by atoms with Gasteiger partial charge in [0, 0.05) is 35.0 Å². The van der Waals surface area contributed by atoms with E-state index >= 15 is 0 Å². The molecule has 3 atom stereocenters. The van der Waals surface area contributed by atoms with Gasteiger partial charge in [-0.3, -0.25) is 0 Å². The maximum absolute atomic E-state index is 13.5. The van der Waals surface area contributed by atoms with E-state index in [1.807, 2.05) is 28.8 Å². The predicted octanol–water partition coefficient (Wildman–Crippen LogP) is 3.52. The molecule has 0 radical (unpaired) electrons.